The molecule has 1 aliphatic rings. The second-order valence-corrected chi connectivity index (χ2v) is 7.09. The average Bonchev–Trinajstić information content (AvgIpc) is 2.45. The second-order valence-electron chi connectivity index (χ2n) is 7.09. The lowest BCUT2D eigenvalue weighted by molar-refractivity contribution is 0.0184. The van der Waals surface area contributed by atoms with Gasteiger partial charge in [-0.05, 0) is 52.2 Å². The third-order valence-electron chi connectivity index (χ3n) is 3.78. The standard InChI is InChI=1S/C17H26FN3O2/c1-12(13-8-14(18)10-19-9-13)20-15-6-5-7-21(11-15)16(22)23-17(2,3)4/h8-10,12,15,20H,5-7,11H2,1-4H3. The third kappa shape index (κ3) is 5.46. The van der Waals surface area contributed by atoms with Gasteiger partial charge < -0.3 is 15.0 Å². The van der Waals surface area contributed by atoms with Crippen molar-refractivity contribution in [3.63, 3.8) is 0 Å². The van der Waals surface area contributed by atoms with E-state index in [1.165, 1.54) is 12.3 Å². The van der Waals surface area contributed by atoms with Gasteiger partial charge in [0.1, 0.15) is 11.4 Å². The van der Waals surface area contributed by atoms with Gasteiger partial charge in [0, 0.05) is 31.4 Å². The molecular weight excluding hydrogens is 297 g/mol. The van der Waals surface area contributed by atoms with Crippen LogP contribution in [0.25, 0.3) is 0 Å². The molecule has 0 bridgehead atoms. The van der Waals surface area contributed by atoms with Gasteiger partial charge in [-0.1, -0.05) is 0 Å². The van der Waals surface area contributed by atoms with Crippen molar-refractivity contribution in [2.45, 2.75) is 58.2 Å². The summed E-state index contributed by atoms with van der Waals surface area (Å²) in [5.74, 6) is -0.338. The number of nitrogens with one attached hydrogen (secondary N) is 1. The first-order chi connectivity index (χ1) is 10.7. The molecule has 23 heavy (non-hydrogen) atoms. The van der Waals surface area contributed by atoms with E-state index >= 15 is 0 Å². The number of likely N-dealkylation sites (tertiary alicyclic amines) is 1. The molecule has 5 nitrogen and oxygen atoms in total. The summed E-state index contributed by atoms with van der Waals surface area (Å²) in [5.41, 5.74) is 0.317. The predicted molar refractivity (Wildman–Crippen MR) is 86.6 cm³/mol. The molecule has 0 aliphatic carbocycles. The Hall–Kier alpha value is -1.69. The quantitative estimate of drug-likeness (QED) is 0.927. The van der Waals surface area contributed by atoms with Crippen molar-refractivity contribution in [1.82, 2.24) is 15.2 Å². The number of halogens is 1. The lowest BCUT2D eigenvalue weighted by Gasteiger charge is -2.35. The maximum atomic E-state index is 13.3. The fourth-order valence-electron chi connectivity index (χ4n) is 2.72. The van der Waals surface area contributed by atoms with Crippen LogP contribution in [0.1, 0.15) is 52.1 Å². The Morgan fingerprint density at radius 1 is 1.48 bits per heavy atom. The van der Waals surface area contributed by atoms with Crippen LogP contribution in [0.5, 0.6) is 0 Å². The minimum absolute atomic E-state index is 0.0261. The number of amides is 1. The lowest BCUT2D eigenvalue weighted by atomic mass is 10.0. The Kier molecular flexibility index (Phi) is 5.57. The van der Waals surface area contributed by atoms with Crippen molar-refractivity contribution in [2.75, 3.05) is 13.1 Å². The molecule has 128 valence electrons. The maximum Gasteiger partial charge on any atom is 0.410 e. The van der Waals surface area contributed by atoms with Crippen molar-refractivity contribution in [2.24, 2.45) is 0 Å². The first-order valence-corrected chi connectivity index (χ1v) is 8.09. The first kappa shape index (κ1) is 17.7. The molecule has 0 aromatic carbocycles. The molecular formula is C17H26FN3O2. The molecule has 0 radical (unpaired) electrons. The van der Waals surface area contributed by atoms with Gasteiger partial charge in [-0.25, -0.2) is 9.18 Å². The van der Waals surface area contributed by atoms with E-state index in [1.54, 1.807) is 11.1 Å². The zero-order chi connectivity index (χ0) is 17.0. The van der Waals surface area contributed by atoms with Gasteiger partial charge in [-0.15, -0.1) is 0 Å². The van der Waals surface area contributed by atoms with Gasteiger partial charge >= 0.3 is 6.09 Å². The summed E-state index contributed by atoms with van der Waals surface area (Å²) in [6.45, 7) is 8.88. The van der Waals surface area contributed by atoms with Crippen LogP contribution in [0.3, 0.4) is 0 Å². The number of rotatable bonds is 3. The minimum Gasteiger partial charge on any atom is -0.444 e. The maximum absolute atomic E-state index is 13.3. The van der Waals surface area contributed by atoms with E-state index in [0.717, 1.165) is 18.4 Å². The Bertz CT molecular complexity index is 545. The highest BCUT2D eigenvalue weighted by Crippen LogP contribution is 2.19. The second kappa shape index (κ2) is 7.25. The van der Waals surface area contributed by atoms with Crippen LogP contribution >= 0.6 is 0 Å². The van der Waals surface area contributed by atoms with Gasteiger partial charge in [0.2, 0.25) is 0 Å². The number of aromatic nitrogens is 1. The zero-order valence-corrected chi connectivity index (χ0v) is 14.3. The highest BCUT2D eigenvalue weighted by atomic mass is 19.1. The van der Waals surface area contributed by atoms with Crippen molar-refractivity contribution in [3.8, 4) is 0 Å². The topological polar surface area (TPSA) is 54.5 Å². The number of carbonyl (C=O) groups excluding carboxylic acids is 1. The van der Waals surface area contributed by atoms with Crippen LogP contribution in [-0.2, 0) is 4.74 Å². The van der Waals surface area contributed by atoms with Crippen LogP contribution in [0, 0.1) is 5.82 Å². The molecule has 1 aliphatic heterocycles. The number of ether oxygens (including phenoxy) is 1. The van der Waals surface area contributed by atoms with Crippen molar-refractivity contribution in [1.29, 1.82) is 0 Å². The summed E-state index contributed by atoms with van der Waals surface area (Å²) < 4.78 is 18.7. The molecule has 0 saturated carbocycles. The molecule has 1 N–H and O–H groups in total. The Morgan fingerprint density at radius 3 is 2.87 bits per heavy atom. The van der Waals surface area contributed by atoms with Crippen LogP contribution in [-0.4, -0.2) is 40.7 Å². The highest BCUT2D eigenvalue weighted by Gasteiger charge is 2.28. The number of hydrogen-bond donors (Lipinski definition) is 1. The van der Waals surface area contributed by atoms with E-state index in [1.807, 2.05) is 27.7 Å². The summed E-state index contributed by atoms with van der Waals surface area (Å²) in [6.07, 6.45) is 4.48. The monoisotopic (exact) mass is 323 g/mol. The van der Waals surface area contributed by atoms with E-state index in [-0.39, 0.29) is 24.0 Å². The lowest BCUT2D eigenvalue weighted by Crippen LogP contribution is -2.49. The summed E-state index contributed by atoms with van der Waals surface area (Å²) in [6, 6.07) is 1.62. The summed E-state index contributed by atoms with van der Waals surface area (Å²) in [7, 11) is 0. The predicted octanol–water partition coefficient (Wildman–Crippen LogP) is 3.27. The molecule has 2 atom stereocenters. The van der Waals surface area contributed by atoms with E-state index in [2.05, 4.69) is 10.3 Å². The van der Waals surface area contributed by atoms with Crippen LogP contribution < -0.4 is 5.32 Å². The van der Waals surface area contributed by atoms with E-state index in [9.17, 15) is 9.18 Å². The molecule has 2 rings (SSSR count). The van der Waals surface area contributed by atoms with Gasteiger partial charge in [0.15, 0.2) is 0 Å². The highest BCUT2D eigenvalue weighted by molar-refractivity contribution is 5.68. The number of carbonyl (C=O) groups is 1. The van der Waals surface area contributed by atoms with E-state index < -0.39 is 5.60 Å². The molecule has 1 aromatic rings. The fourth-order valence-corrected chi connectivity index (χ4v) is 2.72. The normalized spacial score (nSPS) is 20.2. The Balaban J connectivity index is 1.92. The van der Waals surface area contributed by atoms with E-state index in [4.69, 9.17) is 4.74 Å². The molecule has 1 saturated heterocycles. The van der Waals surface area contributed by atoms with Gasteiger partial charge in [0.05, 0.1) is 6.20 Å². The fraction of sp³-hybridized carbons (Fsp3) is 0.647. The van der Waals surface area contributed by atoms with Crippen LogP contribution in [0.2, 0.25) is 0 Å². The molecule has 1 aromatic heterocycles. The largest absolute Gasteiger partial charge is 0.444 e. The number of pyridine rings is 1. The molecule has 1 amide bonds. The summed E-state index contributed by atoms with van der Waals surface area (Å²) in [5, 5.41) is 3.45. The summed E-state index contributed by atoms with van der Waals surface area (Å²) >= 11 is 0. The van der Waals surface area contributed by atoms with Crippen molar-refractivity contribution < 1.29 is 13.9 Å². The van der Waals surface area contributed by atoms with Crippen LogP contribution in [0.15, 0.2) is 18.5 Å². The SMILES string of the molecule is CC(NC1CCCN(C(=O)OC(C)(C)C)C1)c1cncc(F)c1. The molecule has 2 heterocycles. The minimum atomic E-state index is -0.488. The van der Waals surface area contributed by atoms with Crippen molar-refractivity contribution in [3.05, 3.63) is 29.8 Å². The van der Waals surface area contributed by atoms with Crippen LogP contribution in [0.4, 0.5) is 9.18 Å². The number of nitrogens with zero attached hydrogens (tertiary/aromatic N) is 2. The third-order valence-corrected chi connectivity index (χ3v) is 3.78. The Morgan fingerprint density at radius 2 is 2.22 bits per heavy atom. The number of piperidine rings is 1. The van der Waals surface area contributed by atoms with Crippen molar-refractivity contribution >= 4 is 6.09 Å². The van der Waals surface area contributed by atoms with E-state index in [0.29, 0.717) is 13.1 Å². The molecule has 0 spiro atoms. The van der Waals surface area contributed by atoms with Gasteiger partial charge in [0.25, 0.3) is 0 Å². The molecule has 2 unspecified atom stereocenters. The van der Waals surface area contributed by atoms with Gasteiger partial charge in [-0.3, -0.25) is 4.98 Å². The van der Waals surface area contributed by atoms with Gasteiger partial charge in [-0.2, -0.15) is 0 Å². The smallest absolute Gasteiger partial charge is 0.410 e. The zero-order valence-electron chi connectivity index (χ0n) is 14.3. The Labute approximate surface area is 137 Å². The first-order valence-electron chi connectivity index (χ1n) is 8.09. The number of hydrogen-bond acceptors (Lipinski definition) is 4. The average molecular weight is 323 g/mol. The summed E-state index contributed by atoms with van der Waals surface area (Å²) in [4.78, 5) is 17.8. The molecule has 1 fully saturated rings. The molecule has 6 heteroatoms.